The first kappa shape index (κ1) is 10.0. The fourth-order valence-electron chi connectivity index (χ4n) is 2.25. The summed E-state index contributed by atoms with van der Waals surface area (Å²) >= 11 is 0. The van der Waals surface area contributed by atoms with Gasteiger partial charge >= 0.3 is 0 Å². The van der Waals surface area contributed by atoms with E-state index in [1.807, 2.05) is 6.26 Å². The third-order valence-electron chi connectivity index (χ3n) is 3.64. The molecule has 0 aromatic rings. The first-order chi connectivity index (χ1) is 6.68. The summed E-state index contributed by atoms with van der Waals surface area (Å²) in [5.41, 5.74) is 0.504. The molecule has 1 aliphatic heterocycles. The summed E-state index contributed by atoms with van der Waals surface area (Å²) in [6.07, 6.45) is 9.37. The Morgan fingerprint density at radius 2 is 2.29 bits per heavy atom. The van der Waals surface area contributed by atoms with Crippen LogP contribution in [-0.2, 0) is 4.74 Å². The van der Waals surface area contributed by atoms with Crippen molar-refractivity contribution in [2.45, 2.75) is 51.7 Å². The van der Waals surface area contributed by atoms with Gasteiger partial charge in [0, 0.05) is 12.6 Å². The van der Waals surface area contributed by atoms with Crippen LogP contribution >= 0.6 is 0 Å². The molecule has 0 spiro atoms. The fourth-order valence-corrected chi connectivity index (χ4v) is 2.25. The minimum Gasteiger partial charge on any atom is -0.497 e. The monoisotopic (exact) mass is 195 g/mol. The van der Waals surface area contributed by atoms with Gasteiger partial charge in [-0.2, -0.15) is 0 Å². The highest BCUT2D eigenvalue weighted by atomic mass is 16.5. The van der Waals surface area contributed by atoms with E-state index in [-0.39, 0.29) is 0 Å². The van der Waals surface area contributed by atoms with E-state index in [1.165, 1.54) is 19.3 Å². The number of rotatable bonds is 3. The standard InChI is InChI=1S/C12H21NO/c1-12(2)7-6-11(12)13-9-10-5-3-4-8-14-10/h4,8,10-11,13H,3,5-7,9H2,1-2H3. The Bertz CT molecular complexity index is 222. The summed E-state index contributed by atoms with van der Waals surface area (Å²) in [6.45, 7) is 5.70. The van der Waals surface area contributed by atoms with Crippen LogP contribution in [0.3, 0.4) is 0 Å². The molecule has 14 heavy (non-hydrogen) atoms. The van der Waals surface area contributed by atoms with Gasteiger partial charge in [0.25, 0.3) is 0 Å². The highest BCUT2D eigenvalue weighted by Gasteiger charge is 2.38. The zero-order valence-electron chi connectivity index (χ0n) is 9.25. The van der Waals surface area contributed by atoms with Crippen LogP contribution in [-0.4, -0.2) is 18.7 Å². The minimum absolute atomic E-state index is 0.399. The van der Waals surface area contributed by atoms with Gasteiger partial charge in [-0.05, 0) is 37.2 Å². The molecule has 2 aliphatic rings. The average Bonchev–Trinajstić information content (AvgIpc) is 2.18. The van der Waals surface area contributed by atoms with E-state index in [9.17, 15) is 0 Å². The summed E-state index contributed by atoms with van der Waals surface area (Å²) < 4.78 is 5.52. The van der Waals surface area contributed by atoms with Crippen molar-refractivity contribution in [2.75, 3.05) is 6.54 Å². The van der Waals surface area contributed by atoms with Crippen molar-refractivity contribution in [3.05, 3.63) is 12.3 Å². The molecule has 2 heteroatoms. The van der Waals surface area contributed by atoms with Crippen LogP contribution in [0.4, 0.5) is 0 Å². The maximum Gasteiger partial charge on any atom is 0.110 e. The van der Waals surface area contributed by atoms with E-state index in [2.05, 4.69) is 25.2 Å². The van der Waals surface area contributed by atoms with Crippen molar-refractivity contribution >= 4 is 0 Å². The molecule has 0 bridgehead atoms. The van der Waals surface area contributed by atoms with Crippen molar-refractivity contribution in [2.24, 2.45) is 5.41 Å². The van der Waals surface area contributed by atoms with Crippen LogP contribution in [0.1, 0.15) is 39.5 Å². The smallest absolute Gasteiger partial charge is 0.110 e. The molecule has 0 aromatic heterocycles. The first-order valence-corrected chi connectivity index (χ1v) is 5.72. The summed E-state index contributed by atoms with van der Waals surface area (Å²) in [6, 6.07) is 0.706. The normalized spacial score (nSPS) is 34.7. The quantitative estimate of drug-likeness (QED) is 0.747. The number of nitrogens with one attached hydrogen (secondary N) is 1. The lowest BCUT2D eigenvalue weighted by Crippen LogP contribution is -2.52. The van der Waals surface area contributed by atoms with Crippen molar-refractivity contribution in [1.29, 1.82) is 0 Å². The molecule has 0 aromatic carbocycles. The maximum atomic E-state index is 5.52. The topological polar surface area (TPSA) is 21.3 Å². The molecular weight excluding hydrogens is 174 g/mol. The van der Waals surface area contributed by atoms with Gasteiger partial charge in [-0.15, -0.1) is 0 Å². The lowest BCUT2D eigenvalue weighted by atomic mass is 9.67. The summed E-state index contributed by atoms with van der Waals surface area (Å²) in [5.74, 6) is 0. The van der Waals surface area contributed by atoms with E-state index in [4.69, 9.17) is 4.74 Å². The third-order valence-corrected chi connectivity index (χ3v) is 3.64. The second-order valence-electron chi connectivity index (χ2n) is 5.20. The molecule has 0 amide bonds. The van der Waals surface area contributed by atoms with Crippen molar-refractivity contribution in [3.63, 3.8) is 0 Å². The molecule has 0 radical (unpaired) electrons. The Kier molecular flexibility index (Phi) is 2.82. The lowest BCUT2D eigenvalue weighted by Gasteiger charge is -2.45. The van der Waals surface area contributed by atoms with Gasteiger partial charge in [0.1, 0.15) is 6.10 Å². The predicted molar refractivity (Wildman–Crippen MR) is 58.1 cm³/mol. The van der Waals surface area contributed by atoms with Gasteiger partial charge in [-0.1, -0.05) is 13.8 Å². The van der Waals surface area contributed by atoms with Gasteiger partial charge in [-0.3, -0.25) is 0 Å². The summed E-state index contributed by atoms with van der Waals surface area (Å²) in [5, 5.41) is 3.62. The van der Waals surface area contributed by atoms with Gasteiger partial charge in [0.2, 0.25) is 0 Å². The van der Waals surface area contributed by atoms with Crippen molar-refractivity contribution < 1.29 is 4.74 Å². The fraction of sp³-hybridized carbons (Fsp3) is 0.833. The van der Waals surface area contributed by atoms with Gasteiger partial charge < -0.3 is 10.1 Å². The van der Waals surface area contributed by atoms with E-state index in [0.29, 0.717) is 17.6 Å². The molecule has 1 fully saturated rings. The number of allylic oxidation sites excluding steroid dienone is 1. The van der Waals surface area contributed by atoms with Crippen LogP contribution < -0.4 is 5.32 Å². The van der Waals surface area contributed by atoms with Crippen LogP contribution in [0.25, 0.3) is 0 Å². The highest BCUT2D eigenvalue weighted by molar-refractivity contribution is 4.95. The molecule has 1 aliphatic carbocycles. The number of hydrogen-bond acceptors (Lipinski definition) is 2. The van der Waals surface area contributed by atoms with Crippen LogP contribution in [0.2, 0.25) is 0 Å². The third kappa shape index (κ3) is 2.11. The van der Waals surface area contributed by atoms with E-state index < -0.39 is 0 Å². The molecule has 2 atom stereocenters. The zero-order chi connectivity index (χ0) is 10.0. The molecule has 0 saturated heterocycles. The van der Waals surface area contributed by atoms with Crippen molar-refractivity contribution in [3.8, 4) is 0 Å². The summed E-state index contributed by atoms with van der Waals surface area (Å²) in [4.78, 5) is 0. The van der Waals surface area contributed by atoms with Gasteiger partial charge in [-0.25, -0.2) is 0 Å². The second-order valence-corrected chi connectivity index (χ2v) is 5.20. The Balaban J connectivity index is 1.69. The molecule has 2 nitrogen and oxygen atoms in total. The minimum atomic E-state index is 0.399. The Labute approximate surface area is 86.7 Å². The Hall–Kier alpha value is -0.500. The molecule has 1 heterocycles. The molecule has 80 valence electrons. The molecule has 2 rings (SSSR count). The number of hydrogen-bond donors (Lipinski definition) is 1. The molecule has 1 saturated carbocycles. The van der Waals surface area contributed by atoms with Gasteiger partial charge in [0.05, 0.1) is 6.26 Å². The largest absolute Gasteiger partial charge is 0.497 e. The van der Waals surface area contributed by atoms with E-state index >= 15 is 0 Å². The SMILES string of the molecule is CC1(C)CCC1NCC1CCC=CO1. The molecule has 1 N–H and O–H groups in total. The molecule has 2 unspecified atom stereocenters. The Morgan fingerprint density at radius 3 is 2.79 bits per heavy atom. The van der Waals surface area contributed by atoms with Crippen LogP contribution in [0.5, 0.6) is 0 Å². The van der Waals surface area contributed by atoms with Gasteiger partial charge in [0.15, 0.2) is 0 Å². The van der Waals surface area contributed by atoms with Crippen LogP contribution in [0.15, 0.2) is 12.3 Å². The maximum absolute atomic E-state index is 5.52. The second kappa shape index (κ2) is 3.93. The van der Waals surface area contributed by atoms with E-state index in [1.54, 1.807) is 0 Å². The average molecular weight is 195 g/mol. The lowest BCUT2D eigenvalue weighted by molar-refractivity contribution is 0.0735. The summed E-state index contributed by atoms with van der Waals surface area (Å²) in [7, 11) is 0. The number of ether oxygens (including phenoxy) is 1. The van der Waals surface area contributed by atoms with Crippen LogP contribution in [0, 0.1) is 5.41 Å². The van der Waals surface area contributed by atoms with E-state index in [0.717, 1.165) is 13.0 Å². The molecular formula is C12H21NO. The highest BCUT2D eigenvalue weighted by Crippen LogP contribution is 2.39. The Morgan fingerprint density at radius 1 is 1.43 bits per heavy atom. The zero-order valence-corrected chi connectivity index (χ0v) is 9.25. The predicted octanol–water partition coefficient (Wildman–Crippen LogP) is 2.46. The van der Waals surface area contributed by atoms with Crippen molar-refractivity contribution in [1.82, 2.24) is 5.32 Å². The first-order valence-electron chi connectivity index (χ1n) is 5.72.